The minimum Gasteiger partial charge on any atom is -0.458 e. The standard InChI is InChI=1S/C31H23BO.2C25H19BO.2C19H15BO/c1-22-19-20-28-30(21-22)33-29-18-9-8-17-27(29)32(28)31-25(23-11-4-2-5-12-23)15-10-16-26(31)24-13-6-3-7-14-24;1-18-10-9-13-20(19-11-3-2-4-12-19)25(18)26-21-14-5-7-16-23(21)27-24-17-8-6-15-22(24)26;1-18-15-16-23-25(17-18)27-24-14-8-7-13-22(24)26(23)21-12-6-5-11-20(21)19-9-3-2-4-10-19;1-14-7-6-8-15(13-14)20-16-9-2-4-11-18(16)21-19-12-5-3-10-17(19)20;1-14-8-2-3-9-15(14)20-16-10-4-6-12-18(16)21-19-13-7-5-11-17(19)20/h2-21H,1H3;2*2-17H,1H3;2*2-13H,1H3. The van der Waals surface area contributed by atoms with Crippen LogP contribution in [0.15, 0.2) is 461 Å². The van der Waals surface area contributed by atoms with E-state index in [-0.39, 0.29) is 33.6 Å². The van der Waals surface area contributed by atoms with Gasteiger partial charge in [-0.25, -0.2) is 0 Å². The Kier molecular flexibility index (Phi) is 23.5. The summed E-state index contributed by atoms with van der Waals surface area (Å²) in [4.78, 5) is 0. The van der Waals surface area contributed by atoms with E-state index in [0.29, 0.717) is 0 Å². The molecule has 0 aliphatic carbocycles. The maximum Gasteiger partial charge on any atom is 0.252 e. The zero-order valence-corrected chi connectivity index (χ0v) is 72.8. The third kappa shape index (κ3) is 16.7. The minimum absolute atomic E-state index is 0.0668. The van der Waals surface area contributed by atoms with E-state index in [2.05, 4.69) is 441 Å². The van der Waals surface area contributed by atoms with Crippen molar-refractivity contribution in [1.82, 2.24) is 0 Å². The first kappa shape index (κ1) is 81.8. The lowest BCUT2D eigenvalue weighted by atomic mass is 9.34. The number of hydrogen-bond acceptors (Lipinski definition) is 5. The van der Waals surface area contributed by atoms with Crippen LogP contribution < -0.4 is 106 Å². The van der Waals surface area contributed by atoms with E-state index < -0.39 is 0 Å². The number of fused-ring (bicyclic) bond motifs is 10. The van der Waals surface area contributed by atoms with Crippen molar-refractivity contribution >= 4 is 116 Å². The van der Waals surface area contributed by atoms with Gasteiger partial charge in [-0.1, -0.05) is 444 Å². The molecule has 0 saturated heterocycles. The van der Waals surface area contributed by atoms with Gasteiger partial charge in [0.05, 0.1) is 0 Å². The molecule has 5 nitrogen and oxygen atoms in total. The van der Waals surface area contributed by atoms with Crippen LogP contribution in [0.25, 0.3) is 44.5 Å². The van der Waals surface area contributed by atoms with Crippen LogP contribution in [0.1, 0.15) is 27.8 Å². The summed E-state index contributed by atoms with van der Waals surface area (Å²) in [6.45, 7) is 11.6. The van der Waals surface area contributed by atoms with Crippen LogP contribution in [0.2, 0.25) is 0 Å². The summed E-state index contributed by atoms with van der Waals surface area (Å²) in [6.07, 6.45) is 0. The van der Waals surface area contributed by atoms with Gasteiger partial charge in [-0.15, -0.1) is 0 Å². The summed E-state index contributed by atoms with van der Waals surface area (Å²) in [5.41, 5.74) is 35.2. The van der Waals surface area contributed by atoms with Gasteiger partial charge < -0.3 is 23.7 Å². The van der Waals surface area contributed by atoms with E-state index in [1.54, 1.807) is 0 Å². The van der Waals surface area contributed by atoms with Crippen molar-refractivity contribution in [3.05, 3.63) is 489 Å². The predicted molar refractivity (Wildman–Crippen MR) is 546 cm³/mol. The van der Waals surface area contributed by atoms with E-state index in [1.807, 2.05) is 54.6 Å². The Morgan fingerprint density at radius 2 is 0.395 bits per heavy atom. The summed E-state index contributed by atoms with van der Waals surface area (Å²) >= 11 is 0. The van der Waals surface area contributed by atoms with Crippen LogP contribution in [0, 0.1) is 34.6 Å². The van der Waals surface area contributed by atoms with Crippen molar-refractivity contribution in [2.45, 2.75) is 34.6 Å². The molecule has 0 spiro atoms. The molecular weight excluding hydrogens is 1560 g/mol. The summed E-state index contributed by atoms with van der Waals surface area (Å²) < 4.78 is 31.0. The minimum atomic E-state index is 0.0668. The fraction of sp³-hybridized carbons (Fsp3) is 0.0420. The fourth-order valence-corrected chi connectivity index (χ4v) is 19.5. The van der Waals surface area contributed by atoms with E-state index in [4.69, 9.17) is 23.7 Å². The van der Waals surface area contributed by atoms with Crippen molar-refractivity contribution in [1.29, 1.82) is 0 Å². The quantitative estimate of drug-likeness (QED) is 0.135. The smallest absolute Gasteiger partial charge is 0.252 e. The lowest BCUT2D eigenvalue weighted by Gasteiger charge is -2.30. The van der Waals surface area contributed by atoms with Crippen LogP contribution in [0.3, 0.4) is 0 Å². The Bertz CT molecular complexity index is 7070. The highest BCUT2D eigenvalue weighted by atomic mass is 16.5. The highest BCUT2D eigenvalue weighted by Gasteiger charge is 2.40. The van der Waals surface area contributed by atoms with Crippen LogP contribution in [-0.4, -0.2) is 33.6 Å². The average molecular weight is 1660 g/mol. The first-order valence-corrected chi connectivity index (χ1v) is 44.6. The molecule has 0 amide bonds. The second-order valence-corrected chi connectivity index (χ2v) is 33.7. The van der Waals surface area contributed by atoms with Gasteiger partial charge in [-0.3, -0.25) is 0 Å². The van der Waals surface area contributed by atoms with E-state index in [0.717, 1.165) is 57.5 Å². The number of hydrogen-bond donors (Lipinski definition) is 0. The third-order valence-corrected chi connectivity index (χ3v) is 25.4. The first-order chi connectivity index (χ1) is 63.6. The third-order valence-electron chi connectivity index (χ3n) is 25.4. The maximum atomic E-state index is 6.40. The molecule has 0 N–H and O–H groups in total. The molecule has 129 heavy (non-hydrogen) atoms. The van der Waals surface area contributed by atoms with E-state index >= 15 is 0 Å². The highest BCUT2D eigenvalue weighted by molar-refractivity contribution is 7.00. The Morgan fingerprint density at radius 1 is 0.147 bits per heavy atom. The number of rotatable bonds is 9. The number of benzene rings is 19. The molecule has 24 rings (SSSR count). The monoisotopic (exact) mass is 1650 g/mol. The molecule has 0 bridgehead atoms. The van der Waals surface area contributed by atoms with Gasteiger partial charge in [-0.05, 0) is 206 Å². The topological polar surface area (TPSA) is 46.2 Å². The van der Waals surface area contributed by atoms with Gasteiger partial charge in [0, 0.05) is 0 Å². The van der Waals surface area contributed by atoms with Gasteiger partial charge in [-0.2, -0.15) is 0 Å². The Hall–Kier alpha value is -15.5. The van der Waals surface area contributed by atoms with Crippen LogP contribution in [0.5, 0.6) is 57.5 Å². The lowest BCUT2D eigenvalue weighted by molar-refractivity contribution is 0.487. The molecule has 5 aliphatic rings. The van der Waals surface area contributed by atoms with Crippen molar-refractivity contribution < 1.29 is 23.7 Å². The zero-order chi connectivity index (χ0) is 87.1. The number of ether oxygens (including phenoxy) is 5. The van der Waals surface area contributed by atoms with Gasteiger partial charge in [0.2, 0.25) is 0 Å². The average Bonchev–Trinajstić information content (AvgIpc) is 0.693. The molecule has 0 unspecified atom stereocenters. The van der Waals surface area contributed by atoms with Crippen LogP contribution in [-0.2, 0) is 0 Å². The summed E-state index contributed by atoms with van der Waals surface area (Å²) in [5.74, 6) is 9.53. The van der Waals surface area contributed by atoms with E-state index in [9.17, 15) is 0 Å². The predicted octanol–water partition coefficient (Wildman–Crippen LogP) is 19.8. The van der Waals surface area contributed by atoms with Crippen molar-refractivity contribution in [2.24, 2.45) is 0 Å². The lowest BCUT2D eigenvalue weighted by Crippen LogP contribution is -2.56. The van der Waals surface area contributed by atoms with Crippen LogP contribution in [0.4, 0.5) is 0 Å². The molecule has 0 atom stereocenters. The molecular formula is C119H91B5O5. The molecule has 19 aromatic carbocycles. The van der Waals surface area contributed by atoms with Gasteiger partial charge in [0.15, 0.2) is 0 Å². The normalized spacial score (nSPS) is 12.1. The number of para-hydroxylation sites is 8. The second kappa shape index (κ2) is 37.0. The molecule has 5 heterocycles. The van der Waals surface area contributed by atoms with Gasteiger partial charge in [0.25, 0.3) is 33.6 Å². The molecule has 5 aliphatic heterocycles. The van der Waals surface area contributed by atoms with Crippen molar-refractivity contribution in [3.8, 4) is 102 Å². The maximum absolute atomic E-state index is 6.40. The molecule has 10 heteroatoms. The van der Waals surface area contributed by atoms with Crippen molar-refractivity contribution in [2.75, 3.05) is 0 Å². The molecule has 0 fully saturated rings. The Balaban J connectivity index is 0.000000102. The molecule has 612 valence electrons. The fourth-order valence-electron chi connectivity index (χ4n) is 19.5. The Morgan fingerprint density at radius 3 is 0.783 bits per heavy atom. The van der Waals surface area contributed by atoms with Gasteiger partial charge in [0.1, 0.15) is 57.5 Å². The SMILES string of the molecule is Cc1ccc2c(c1)Oc1ccccc1B2c1c(-c2ccccc2)cccc1-c1ccccc1.Cc1ccc2c(c1)Oc1ccccc1B2c1ccccc1-c1ccccc1.Cc1cccc(-c2ccccc2)c1B1c2ccccc2Oc2ccccc21.Cc1cccc(B2c3ccccc3Oc3ccccc32)c1.Cc1ccccc1B1c2ccccc2Oc2ccccc21. The van der Waals surface area contributed by atoms with E-state index in [1.165, 1.54) is 154 Å². The molecule has 0 saturated carbocycles. The summed E-state index contributed by atoms with van der Waals surface area (Å²) in [6, 6.07) is 162. The number of aryl methyl sites for hydroxylation is 5. The summed E-state index contributed by atoms with van der Waals surface area (Å²) in [7, 11) is 0. The summed E-state index contributed by atoms with van der Waals surface area (Å²) in [5, 5.41) is 0. The molecule has 19 aromatic rings. The van der Waals surface area contributed by atoms with Crippen LogP contribution >= 0.6 is 0 Å². The van der Waals surface area contributed by atoms with Gasteiger partial charge >= 0.3 is 0 Å². The second-order valence-electron chi connectivity index (χ2n) is 33.7. The largest absolute Gasteiger partial charge is 0.458 e. The van der Waals surface area contributed by atoms with Crippen molar-refractivity contribution in [3.63, 3.8) is 0 Å². The first-order valence-electron chi connectivity index (χ1n) is 44.6. The highest BCUT2D eigenvalue weighted by Crippen LogP contribution is 2.35. The molecule has 0 aromatic heterocycles. The molecule has 0 radical (unpaired) electrons. The zero-order valence-electron chi connectivity index (χ0n) is 72.8. The Labute approximate surface area is 759 Å².